The van der Waals surface area contributed by atoms with Gasteiger partial charge in [-0.15, -0.1) is 0 Å². The largest absolute Gasteiger partial charge is 0.347 e. The highest BCUT2D eigenvalue weighted by Gasteiger charge is 1.96. The third-order valence-corrected chi connectivity index (χ3v) is 1.72. The van der Waals surface area contributed by atoms with Crippen molar-refractivity contribution in [2.45, 2.75) is 0 Å². The summed E-state index contributed by atoms with van der Waals surface area (Å²) in [4.78, 5) is 10.2. The number of aryl methyl sites for hydroxylation is 1. The van der Waals surface area contributed by atoms with Gasteiger partial charge < -0.3 is 4.57 Å². The van der Waals surface area contributed by atoms with Crippen molar-refractivity contribution >= 4 is 28.9 Å². The lowest BCUT2D eigenvalue weighted by atomic mass is 10.5. The fourth-order valence-corrected chi connectivity index (χ4v) is 1.39. The molecule has 0 aliphatic heterocycles. The maximum Gasteiger partial charge on any atom is 0.166 e. The maximum atomic E-state index is 10.2. The van der Waals surface area contributed by atoms with Crippen molar-refractivity contribution in [3.8, 4) is 0 Å². The van der Waals surface area contributed by atoms with Crippen LogP contribution in [0, 0.1) is 3.57 Å². The van der Waals surface area contributed by atoms with Crippen LogP contribution in [0.1, 0.15) is 10.5 Å². The van der Waals surface area contributed by atoms with Crippen LogP contribution in [0.3, 0.4) is 0 Å². The lowest BCUT2D eigenvalue weighted by Crippen LogP contribution is -1.90. The van der Waals surface area contributed by atoms with E-state index in [2.05, 4.69) is 22.6 Å². The molecule has 1 rings (SSSR count). The number of nitrogens with zero attached hydrogens (tertiary/aromatic N) is 1. The molecule has 0 amide bonds. The first kappa shape index (κ1) is 6.80. The number of hydrogen-bond donors (Lipinski definition) is 0. The minimum absolute atomic E-state index is 0.722. The summed E-state index contributed by atoms with van der Waals surface area (Å²) >= 11 is 2.17. The standard InChI is InChI=1S/C6H6INO/c1-8-3-5(7)2-6(8)4-9/h2-4H,1H3. The van der Waals surface area contributed by atoms with Gasteiger partial charge in [0.05, 0.1) is 5.69 Å². The van der Waals surface area contributed by atoms with E-state index < -0.39 is 0 Å². The fourth-order valence-electron chi connectivity index (χ4n) is 0.657. The molecule has 2 nitrogen and oxygen atoms in total. The van der Waals surface area contributed by atoms with Crippen LogP contribution in [0.5, 0.6) is 0 Å². The van der Waals surface area contributed by atoms with E-state index in [0.29, 0.717) is 0 Å². The molecular formula is C6H6INO. The molecule has 0 N–H and O–H groups in total. The van der Waals surface area contributed by atoms with Crippen LogP contribution in [-0.2, 0) is 7.05 Å². The first-order valence-electron chi connectivity index (χ1n) is 2.51. The molecule has 3 heteroatoms. The smallest absolute Gasteiger partial charge is 0.166 e. The van der Waals surface area contributed by atoms with Crippen molar-refractivity contribution in [3.63, 3.8) is 0 Å². The summed E-state index contributed by atoms with van der Waals surface area (Å²) in [6, 6.07) is 1.84. The van der Waals surface area contributed by atoms with Gasteiger partial charge in [-0.1, -0.05) is 0 Å². The number of aldehydes is 1. The average molecular weight is 235 g/mol. The maximum absolute atomic E-state index is 10.2. The van der Waals surface area contributed by atoms with Crippen molar-refractivity contribution in [1.29, 1.82) is 0 Å². The Labute approximate surface area is 67.0 Å². The van der Waals surface area contributed by atoms with Gasteiger partial charge in [0.25, 0.3) is 0 Å². The van der Waals surface area contributed by atoms with E-state index in [4.69, 9.17) is 0 Å². The third-order valence-electron chi connectivity index (χ3n) is 1.13. The first-order valence-corrected chi connectivity index (χ1v) is 3.59. The van der Waals surface area contributed by atoms with E-state index in [1.165, 1.54) is 0 Å². The molecule has 0 bridgehead atoms. The third kappa shape index (κ3) is 1.32. The summed E-state index contributed by atoms with van der Waals surface area (Å²) in [5.74, 6) is 0. The predicted molar refractivity (Wildman–Crippen MR) is 43.5 cm³/mol. The molecule has 0 saturated heterocycles. The van der Waals surface area contributed by atoms with Gasteiger partial charge in [0, 0.05) is 16.8 Å². The minimum atomic E-state index is 0.722. The molecule has 0 aromatic carbocycles. The van der Waals surface area contributed by atoms with Gasteiger partial charge in [-0.3, -0.25) is 4.79 Å². The summed E-state index contributed by atoms with van der Waals surface area (Å²) in [5.41, 5.74) is 0.722. The Hall–Kier alpha value is -0.320. The predicted octanol–water partition coefficient (Wildman–Crippen LogP) is 1.44. The van der Waals surface area contributed by atoms with Crippen molar-refractivity contribution in [3.05, 3.63) is 21.5 Å². The van der Waals surface area contributed by atoms with Crippen molar-refractivity contribution in [2.24, 2.45) is 7.05 Å². The topological polar surface area (TPSA) is 22.0 Å². The Morgan fingerprint density at radius 3 is 2.67 bits per heavy atom. The molecule has 0 aliphatic carbocycles. The van der Waals surface area contributed by atoms with Crippen LogP contribution in [0.15, 0.2) is 12.3 Å². The monoisotopic (exact) mass is 235 g/mol. The van der Waals surface area contributed by atoms with Gasteiger partial charge in [0.15, 0.2) is 6.29 Å². The summed E-state index contributed by atoms with van der Waals surface area (Å²) < 4.78 is 2.90. The van der Waals surface area contributed by atoms with E-state index >= 15 is 0 Å². The summed E-state index contributed by atoms with van der Waals surface area (Å²) in [7, 11) is 1.85. The lowest BCUT2D eigenvalue weighted by Gasteiger charge is -1.88. The normalized spacial score (nSPS) is 9.56. The van der Waals surface area contributed by atoms with Crippen molar-refractivity contribution in [2.75, 3.05) is 0 Å². The van der Waals surface area contributed by atoms with Crippen LogP contribution < -0.4 is 0 Å². The van der Waals surface area contributed by atoms with Gasteiger partial charge in [0.2, 0.25) is 0 Å². The Balaban J connectivity index is 3.15. The molecule has 0 saturated carbocycles. The van der Waals surface area contributed by atoms with E-state index in [9.17, 15) is 4.79 Å². The molecule has 0 radical (unpaired) electrons. The lowest BCUT2D eigenvalue weighted by molar-refractivity contribution is 0.111. The van der Waals surface area contributed by atoms with Crippen LogP contribution >= 0.6 is 22.6 Å². The number of hydrogen-bond acceptors (Lipinski definition) is 1. The van der Waals surface area contributed by atoms with E-state index in [1.807, 2.05) is 19.3 Å². The van der Waals surface area contributed by atoms with Gasteiger partial charge in [-0.2, -0.15) is 0 Å². The molecule has 0 atom stereocenters. The number of rotatable bonds is 1. The SMILES string of the molecule is Cn1cc(I)cc1C=O. The van der Waals surface area contributed by atoms with Gasteiger partial charge >= 0.3 is 0 Å². The van der Waals surface area contributed by atoms with Crippen LogP contribution in [0.4, 0.5) is 0 Å². The second-order valence-corrected chi connectivity index (χ2v) is 3.06. The Kier molecular flexibility index (Phi) is 1.90. The zero-order chi connectivity index (χ0) is 6.85. The van der Waals surface area contributed by atoms with E-state index in [1.54, 1.807) is 4.57 Å². The number of aromatic nitrogens is 1. The Bertz CT molecular complexity index is 229. The second kappa shape index (κ2) is 2.51. The van der Waals surface area contributed by atoms with Gasteiger partial charge in [0.1, 0.15) is 0 Å². The molecule has 0 unspecified atom stereocenters. The van der Waals surface area contributed by atoms with Crippen LogP contribution in [0.25, 0.3) is 0 Å². The first-order chi connectivity index (χ1) is 4.24. The summed E-state index contributed by atoms with van der Waals surface area (Å²) in [6.07, 6.45) is 2.76. The van der Waals surface area contributed by atoms with E-state index in [0.717, 1.165) is 15.6 Å². The number of carbonyl (C=O) groups excluding carboxylic acids is 1. The minimum Gasteiger partial charge on any atom is -0.347 e. The fraction of sp³-hybridized carbons (Fsp3) is 0.167. The van der Waals surface area contributed by atoms with Crippen molar-refractivity contribution in [1.82, 2.24) is 4.57 Å². The highest BCUT2D eigenvalue weighted by atomic mass is 127. The quantitative estimate of drug-likeness (QED) is 0.533. The molecule has 9 heavy (non-hydrogen) atoms. The van der Waals surface area contributed by atoms with Gasteiger partial charge in [-0.25, -0.2) is 0 Å². The summed E-state index contributed by atoms with van der Waals surface area (Å²) in [5, 5.41) is 0. The highest BCUT2D eigenvalue weighted by molar-refractivity contribution is 14.1. The molecule has 1 aromatic heterocycles. The summed E-state index contributed by atoms with van der Waals surface area (Å²) in [6.45, 7) is 0. The van der Waals surface area contributed by atoms with Crippen molar-refractivity contribution < 1.29 is 4.79 Å². The van der Waals surface area contributed by atoms with Gasteiger partial charge in [-0.05, 0) is 28.7 Å². The molecule has 1 aromatic rings. The Morgan fingerprint density at radius 2 is 2.44 bits per heavy atom. The average Bonchev–Trinajstić information content (AvgIpc) is 2.10. The molecule has 1 heterocycles. The molecule has 0 spiro atoms. The molecule has 0 fully saturated rings. The van der Waals surface area contributed by atoms with E-state index in [-0.39, 0.29) is 0 Å². The zero-order valence-electron chi connectivity index (χ0n) is 4.97. The zero-order valence-corrected chi connectivity index (χ0v) is 7.12. The van der Waals surface area contributed by atoms with Crippen LogP contribution in [0.2, 0.25) is 0 Å². The van der Waals surface area contributed by atoms with Crippen LogP contribution in [-0.4, -0.2) is 10.9 Å². The number of carbonyl (C=O) groups is 1. The highest BCUT2D eigenvalue weighted by Crippen LogP contribution is 2.06. The molecular weight excluding hydrogens is 229 g/mol. The number of halogens is 1. The molecule has 48 valence electrons. The molecule has 0 aliphatic rings. The Morgan fingerprint density at radius 1 is 1.78 bits per heavy atom. The second-order valence-electron chi connectivity index (χ2n) is 1.81.